The number of hydrogen-bond donors (Lipinski definition) is 2. The largest absolute Gasteiger partial charge is 0.497 e. The summed E-state index contributed by atoms with van der Waals surface area (Å²) < 4.78 is 36.2. The third-order valence-corrected chi connectivity index (χ3v) is 4.74. The van der Waals surface area contributed by atoms with Crippen molar-refractivity contribution in [2.24, 2.45) is 0 Å². The minimum absolute atomic E-state index is 0.00950. The number of nitrogens with one attached hydrogen (secondary N) is 2. The van der Waals surface area contributed by atoms with E-state index in [-0.39, 0.29) is 10.5 Å². The Labute approximate surface area is 140 Å². The van der Waals surface area contributed by atoms with Gasteiger partial charge in [0.1, 0.15) is 11.5 Å². The third-order valence-electron chi connectivity index (χ3n) is 3.33. The van der Waals surface area contributed by atoms with E-state index in [1.165, 1.54) is 45.5 Å². The van der Waals surface area contributed by atoms with Gasteiger partial charge in [0.2, 0.25) is 10.0 Å². The van der Waals surface area contributed by atoms with Crippen LogP contribution in [0.15, 0.2) is 47.4 Å². The fraction of sp³-hybridized carbons (Fsp3) is 0.188. The van der Waals surface area contributed by atoms with Crippen LogP contribution < -0.4 is 19.5 Å². The van der Waals surface area contributed by atoms with Crippen LogP contribution in [0, 0.1) is 0 Å². The minimum atomic E-state index is -3.63. The normalized spacial score (nSPS) is 11.0. The highest BCUT2D eigenvalue weighted by atomic mass is 32.2. The Morgan fingerprint density at radius 2 is 1.79 bits per heavy atom. The monoisotopic (exact) mass is 350 g/mol. The summed E-state index contributed by atoms with van der Waals surface area (Å²) in [7, 11) is 0.681. The maximum Gasteiger partial charge on any atom is 0.255 e. The molecule has 0 radical (unpaired) electrons. The third kappa shape index (κ3) is 3.84. The van der Waals surface area contributed by atoms with Crippen molar-refractivity contribution in [3.05, 3.63) is 48.0 Å². The second-order valence-electron chi connectivity index (χ2n) is 4.76. The maximum atomic E-state index is 12.4. The van der Waals surface area contributed by atoms with E-state index >= 15 is 0 Å². The summed E-state index contributed by atoms with van der Waals surface area (Å²) in [5, 5.41) is 2.69. The first-order chi connectivity index (χ1) is 11.4. The number of ether oxygens (including phenoxy) is 2. The van der Waals surface area contributed by atoms with Crippen LogP contribution in [0.2, 0.25) is 0 Å². The van der Waals surface area contributed by atoms with Gasteiger partial charge in [0.25, 0.3) is 5.91 Å². The maximum absolute atomic E-state index is 12.4. The molecule has 7 nitrogen and oxygen atoms in total. The SMILES string of the molecule is CNS(=O)(=O)c1cccc(C(=O)Nc2cc(OC)ccc2OC)c1. The Hall–Kier alpha value is -2.58. The van der Waals surface area contributed by atoms with Crippen molar-refractivity contribution in [1.29, 1.82) is 0 Å². The van der Waals surface area contributed by atoms with Gasteiger partial charge in [-0.15, -0.1) is 0 Å². The van der Waals surface area contributed by atoms with Crippen LogP contribution in [-0.2, 0) is 10.0 Å². The number of sulfonamides is 1. The summed E-state index contributed by atoms with van der Waals surface area (Å²) in [5.41, 5.74) is 0.625. The van der Waals surface area contributed by atoms with Crippen LogP contribution in [0.4, 0.5) is 5.69 Å². The van der Waals surface area contributed by atoms with Crippen molar-refractivity contribution in [1.82, 2.24) is 4.72 Å². The summed E-state index contributed by atoms with van der Waals surface area (Å²) in [6.45, 7) is 0. The number of methoxy groups -OCH3 is 2. The van der Waals surface area contributed by atoms with Crippen LogP contribution in [0.1, 0.15) is 10.4 Å². The van der Waals surface area contributed by atoms with Gasteiger partial charge in [-0.05, 0) is 37.4 Å². The number of rotatable bonds is 6. The van der Waals surface area contributed by atoms with E-state index in [9.17, 15) is 13.2 Å². The average Bonchev–Trinajstić information content (AvgIpc) is 2.61. The Bertz CT molecular complexity index is 849. The zero-order valence-electron chi connectivity index (χ0n) is 13.5. The summed E-state index contributed by atoms with van der Waals surface area (Å²) in [6.07, 6.45) is 0. The van der Waals surface area contributed by atoms with Crippen LogP contribution in [0.25, 0.3) is 0 Å². The molecule has 0 atom stereocenters. The van der Waals surface area contributed by atoms with Crippen LogP contribution in [0.3, 0.4) is 0 Å². The van der Waals surface area contributed by atoms with Crippen LogP contribution in [0.5, 0.6) is 11.5 Å². The molecule has 0 heterocycles. The second kappa shape index (κ2) is 7.33. The molecule has 2 aromatic rings. The molecule has 24 heavy (non-hydrogen) atoms. The van der Waals surface area contributed by atoms with Crippen molar-refractivity contribution >= 4 is 21.6 Å². The Kier molecular flexibility index (Phi) is 5.42. The molecule has 2 rings (SSSR count). The van der Waals surface area contributed by atoms with E-state index in [0.29, 0.717) is 17.2 Å². The Morgan fingerprint density at radius 3 is 2.42 bits per heavy atom. The molecular formula is C16H18N2O5S. The molecule has 0 fully saturated rings. The predicted molar refractivity (Wildman–Crippen MR) is 90.2 cm³/mol. The molecule has 128 valence electrons. The molecule has 0 unspecified atom stereocenters. The molecule has 0 aliphatic rings. The molecule has 1 amide bonds. The Balaban J connectivity index is 2.33. The van der Waals surface area contributed by atoms with Crippen molar-refractivity contribution in [2.45, 2.75) is 4.90 Å². The summed E-state index contributed by atoms with van der Waals surface area (Å²) in [5.74, 6) is 0.551. The summed E-state index contributed by atoms with van der Waals surface area (Å²) >= 11 is 0. The van der Waals surface area contributed by atoms with Crippen LogP contribution >= 0.6 is 0 Å². The first-order valence-electron chi connectivity index (χ1n) is 6.98. The fourth-order valence-electron chi connectivity index (χ4n) is 2.03. The van der Waals surface area contributed by atoms with Crippen molar-refractivity contribution in [3.63, 3.8) is 0 Å². The molecule has 0 aliphatic carbocycles. The number of carbonyl (C=O) groups is 1. The first kappa shape index (κ1) is 17.8. The quantitative estimate of drug-likeness (QED) is 0.829. The molecule has 0 saturated carbocycles. The van der Waals surface area contributed by atoms with E-state index < -0.39 is 15.9 Å². The molecule has 0 aromatic heterocycles. The highest BCUT2D eigenvalue weighted by Gasteiger charge is 2.15. The fourth-order valence-corrected chi connectivity index (χ4v) is 2.80. The number of anilines is 1. The van der Waals surface area contributed by atoms with Gasteiger partial charge in [0, 0.05) is 11.6 Å². The van der Waals surface area contributed by atoms with Crippen molar-refractivity contribution in [3.8, 4) is 11.5 Å². The molecule has 0 aliphatic heterocycles. The lowest BCUT2D eigenvalue weighted by Crippen LogP contribution is -2.19. The molecule has 0 spiro atoms. The highest BCUT2D eigenvalue weighted by molar-refractivity contribution is 7.89. The van der Waals surface area contributed by atoms with Gasteiger partial charge in [0.05, 0.1) is 24.8 Å². The minimum Gasteiger partial charge on any atom is -0.497 e. The smallest absolute Gasteiger partial charge is 0.255 e. The van der Waals surface area contributed by atoms with Crippen molar-refractivity contribution in [2.75, 3.05) is 26.6 Å². The molecule has 2 N–H and O–H groups in total. The van der Waals surface area contributed by atoms with E-state index in [0.717, 1.165) is 0 Å². The zero-order valence-corrected chi connectivity index (χ0v) is 14.3. The second-order valence-corrected chi connectivity index (χ2v) is 6.64. The van der Waals surface area contributed by atoms with Gasteiger partial charge in [0.15, 0.2) is 0 Å². The van der Waals surface area contributed by atoms with E-state index in [1.54, 1.807) is 18.2 Å². The van der Waals surface area contributed by atoms with Gasteiger partial charge in [-0.2, -0.15) is 0 Å². The van der Waals surface area contributed by atoms with Gasteiger partial charge >= 0.3 is 0 Å². The lowest BCUT2D eigenvalue weighted by atomic mass is 10.2. The summed E-state index contributed by atoms with van der Waals surface area (Å²) in [4.78, 5) is 12.4. The van der Waals surface area contributed by atoms with Gasteiger partial charge < -0.3 is 14.8 Å². The lowest BCUT2D eigenvalue weighted by Gasteiger charge is -2.12. The van der Waals surface area contributed by atoms with E-state index in [4.69, 9.17) is 9.47 Å². The molecule has 2 aromatic carbocycles. The van der Waals surface area contributed by atoms with Gasteiger partial charge in [-0.1, -0.05) is 6.07 Å². The standard InChI is InChI=1S/C16H18N2O5S/c1-17-24(20,21)13-6-4-5-11(9-13)16(19)18-14-10-12(22-2)7-8-15(14)23-3/h4-10,17H,1-3H3,(H,18,19). The predicted octanol–water partition coefficient (Wildman–Crippen LogP) is 1.86. The molecular weight excluding hydrogens is 332 g/mol. The van der Waals surface area contributed by atoms with Crippen molar-refractivity contribution < 1.29 is 22.7 Å². The van der Waals surface area contributed by atoms with Crippen LogP contribution in [-0.4, -0.2) is 35.6 Å². The summed E-state index contributed by atoms with van der Waals surface area (Å²) in [6, 6.07) is 10.7. The topological polar surface area (TPSA) is 93.7 Å². The molecule has 8 heteroatoms. The number of hydrogen-bond acceptors (Lipinski definition) is 5. The zero-order chi connectivity index (χ0) is 17.7. The van der Waals surface area contributed by atoms with Gasteiger partial charge in [-0.25, -0.2) is 13.1 Å². The number of benzene rings is 2. The molecule has 0 saturated heterocycles. The first-order valence-corrected chi connectivity index (χ1v) is 8.46. The molecule has 0 bridgehead atoms. The van der Waals surface area contributed by atoms with E-state index in [1.807, 2.05) is 0 Å². The van der Waals surface area contributed by atoms with Gasteiger partial charge in [-0.3, -0.25) is 4.79 Å². The van der Waals surface area contributed by atoms with E-state index in [2.05, 4.69) is 10.0 Å². The average molecular weight is 350 g/mol. The number of carbonyl (C=O) groups excluding carboxylic acids is 1. The number of amides is 1. The highest BCUT2D eigenvalue weighted by Crippen LogP contribution is 2.29. The Morgan fingerprint density at radius 1 is 1.04 bits per heavy atom. The lowest BCUT2D eigenvalue weighted by molar-refractivity contribution is 0.102.